The fourth-order valence-electron chi connectivity index (χ4n) is 3.98. The number of benzene rings is 1. The van der Waals surface area contributed by atoms with E-state index in [-0.39, 0.29) is 17.8 Å². The Labute approximate surface area is 182 Å². The van der Waals surface area contributed by atoms with Gasteiger partial charge in [-0.15, -0.1) is 0 Å². The van der Waals surface area contributed by atoms with Crippen LogP contribution in [0.3, 0.4) is 0 Å². The number of pyridine rings is 1. The summed E-state index contributed by atoms with van der Waals surface area (Å²) in [6.07, 6.45) is 7.58. The molecule has 0 radical (unpaired) electrons. The second-order valence-electron chi connectivity index (χ2n) is 8.66. The molecule has 0 spiro atoms. The van der Waals surface area contributed by atoms with Crippen molar-refractivity contribution in [1.29, 1.82) is 0 Å². The van der Waals surface area contributed by atoms with Gasteiger partial charge in [0.2, 0.25) is 5.91 Å². The van der Waals surface area contributed by atoms with Gasteiger partial charge in [-0.1, -0.05) is 6.58 Å². The number of carbonyl (C=O) groups excluding carboxylic acids is 1. The molecule has 4 rings (SSSR count). The van der Waals surface area contributed by atoms with E-state index in [1.54, 1.807) is 6.20 Å². The maximum Gasteiger partial charge on any atom is 0.221 e. The molecule has 2 aromatic rings. The summed E-state index contributed by atoms with van der Waals surface area (Å²) >= 11 is 0. The van der Waals surface area contributed by atoms with Gasteiger partial charge in [0.05, 0.1) is 24.6 Å². The lowest BCUT2D eigenvalue weighted by Crippen LogP contribution is -2.17. The summed E-state index contributed by atoms with van der Waals surface area (Å²) in [6.45, 7) is 5.98. The topological polar surface area (TPSA) is 60.5 Å². The van der Waals surface area contributed by atoms with Gasteiger partial charge >= 0.3 is 0 Å². The van der Waals surface area contributed by atoms with Crippen LogP contribution < -0.4 is 14.8 Å². The van der Waals surface area contributed by atoms with Crippen LogP contribution in [0, 0.1) is 17.7 Å². The Kier molecular flexibility index (Phi) is 6.54. The van der Waals surface area contributed by atoms with Crippen molar-refractivity contribution in [3.8, 4) is 11.5 Å². The van der Waals surface area contributed by atoms with Crippen LogP contribution >= 0.6 is 0 Å². The number of ether oxygens (including phenoxy) is 2. The third-order valence-electron chi connectivity index (χ3n) is 5.88. The molecule has 6 heteroatoms. The fraction of sp³-hybridized carbons (Fsp3) is 0.440. The number of rotatable bonds is 9. The highest BCUT2D eigenvalue weighted by Crippen LogP contribution is 2.33. The molecule has 1 heterocycles. The van der Waals surface area contributed by atoms with Gasteiger partial charge in [-0.25, -0.2) is 4.39 Å². The Bertz CT molecular complexity index is 940. The summed E-state index contributed by atoms with van der Waals surface area (Å²) in [5.74, 6) is 1.85. The number of carbonyl (C=O) groups is 1. The van der Waals surface area contributed by atoms with Crippen molar-refractivity contribution >= 4 is 11.6 Å². The average molecular weight is 425 g/mol. The van der Waals surface area contributed by atoms with E-state index >= 15 is 0 Å². The van der Waals surface area contributed by atoms with E-state index in [0.717, 1.165) is 30.6 Å². The number of hydrogen-bond donors (Lipinski definition) is 1. The van der Waals surface area contributed by atoms with Crippen LogP contribution in [0.4, 0.5) is 4.39 Å². The number of hydrogen-bond acceptors (Lipinski definition) is 4. The van der Waals surface area contributed by atoms with Gasteiger partial charge in [-0.3, -0.25) is 9.78 Å². The van der Waals surface area contributed by atoms with Gasteiger partial charge < -0.3 is 14.8 Å². The van der Waals surface area contributed by atoms with Crippen LogP contribution in [0.25, 0.3) is 5.70 Å². The van der Waals surface area contributed by atoms with E-state index in [2.05, 4.69) is 16.9 Å². The molecular weight excluding hydrogens is 395 g/mol. The molecule has 2 saturated carbocycles. The summed E-state index contributed by atoms with van der Waals surface area (Å²) in [6, 6.07) is 9.00. The number of aromatic nitrogens is 1. The van der Waals surface area contributed by atoms with Crippen LogP contribution in [0.5, 0.6) is 11.5 Å². The predicted molar refractivity (Wildman–Crippen MR) is 117 cm³/mol. The van der Waals surface area contributed by atoms with Crippen molar-refractivity contribution in [3.63, 3.8) is 0 Å². The molecule has 2 aliphatic carbocycles. The maximum absolute atomic E-state index is 14.5. The minimum Gasteiger partial charge on any atom is -0.492 e. The van der Waals surface area contributed by atoms with Gasteiger partial charge in [0.25, 0.3) is 0 Å². The number of amides is 1. The van der Waals surface area contributed by atoms with Crippen molar-refractivity contribution < 1.29 is 18.7 Å². The molecule has 164 valence electrons. The summed E-state index contributed by atoms with van der Waals surface area (Å²) in [5.41, 5.74) is 1.92. The molecule has 0 saturated heterocycles. The van der Waals surface area contributed by atoms with Gasteiger partial charge in [0, 0.05) is 18.7 Å². The Balaban J connectivity index is 1.26. The fourth-order valence-corrected chi connectivity index (χ4v) is 3.98. The molecule has 1 N–H and O–H groups in total. The summed E-state index contributed by atoms with van der Waals surface area (Å²) in [4.78, 5) is 15.5. The molecule has 2 unspecified atom stereocenters. The molecular formula is C25H29FN2O3. The lowest BCUT2D eigenvalue weighted by Gasteiger charge is -2.15. The quantitative estimate of drug-likeness (QED) is 0.622. The van der Waals surface area contributed by atoms with Gasteiger partial charge in [0.1, 0.15) is 17.3 Å². The van der Waals surface area contributed by atoms with Gasteiger partial charge in [-0.05, 0) is 80.2 Å². The van der Waals surface area contributed by atoms with Crippen LogP contribution in [-0.2, 0) is 11.2 Å². The smallest absolute Gasteiger partial charge is 0.221 e. The first-order chi connectivity index (χ1) is 15.0. The lowest BCUT2D eigenvalue weighted by molar-refractivity contribution is -0.117. The van der Waals surface area contributed by atoms with Crippen LogP contribution in [0.1, 0.15) is 50.3 Å². The second-order valence-corrected chi connectivity index (χ2v) is 8.66. The maximum atomic E-state index is 14.5. The normalized spacial score (nSPS) is 20.3. The van der Waals surface area contributed by atoms with Crippen LogP contribution in [0.2, 0.25) is 0 Å². The SMILES string of the molecule is C=C(NC(C)=O)c1ccc(OC2CCC(Cc3ncc(OCC4CC4)cc3F)C2)cc1. The highest BCUT2D eigenvalue weighted by Gasteiger charge is 2.28. The number of nitrogens with one attached hydrogen (secondary N) is 1. The van der Waals surface area contributed by atoms with E-state index in [1.807, 2.05) is 24.3 Å². The molecule has 1 aromatic carbocycles. The Morgan fingerprint density at radius 2 is 1.90 bits per heavy atom. The molecule has 2 atom stereocenters. The van der Waals surface area contributed by atoms with E-state index < -0.39 is 0 Å². The standard InChI is InChI=1S/C25H29FN2O3/c1-16(28-17(2)29)20-6-9-21(10-7-20)31-22-8-5-19(11-22)12-25-24(26)13-23(14-27-25)30-15-18-3-4-18/h6-7,9-10,13-14,18-19,22H,1,3-5,8,11-12,15H2,2H3,(H,28,29). The highest BCUT2D eigenvalue weighted by molar-refractivity contribution is 5.84. The molecule has 5 nitrogen and oxygen atoms in total. The zero-order valence-corrected chi connectivity index (χ0v) is 17.9. The second kappa shape index (κ2) is 9.50. The Morgan fingerprint density at radius 3 is 2.58 bits per heavy atom. The molecule has 1 amide bonds. The summed E-state index contributed by atoms with van der Waals surface area (Å²) < 4.78 is 26.2. The first-order valence-corrected chi connectivity index (χ1v) is 11.0. The average Bonchev–Trinajstić information content (AvgIpc) is 3.47. The van der Waals surface area contributed by atoms with Gasteiger partial charge in [0.15, 0.2) is 0 Å². The first-order valence-electron chi connectivity index (χ1n) is 11.0. The first kappa shape index (κ1) is 21.3. The predicted octanol–water partition coefficient (Wildman–Crippen LogP) is 4.91. The van der Waals surface area contributed by atoms with Crippen molar-refractivity contribution in [3.05, 3.63) is 60.2 Å². The van der Waals surface area contributed by atoms with Crippen molar-refractivity contribution in [2.24, 2.45) is 11.8 Å². The molecule has 2 aliphatic rings. The Morgan fingerprint density at radius 1 is 1.16 bits per heavy atom. The zero-order chi connectivity index (χ0) is 21.8. The largest absolute Gasteiger partial charge is 0.492 e. The molecule has 0 aliphatic heterocycles. The third-order valence-corrected chi connectivity index (χ3v) is 5.88. The summed E-state index contributed by atoms with van der Waals surface area (Å²) in [5, 5.41) is 2.68. The minimum atomic E-state index is -0.285. The molecule has 0 bridgehead atoms. The molecule has 1 aromatic heterocycles. The van der Waals surface area contributed by atoms with Crippen LogP contribution in [-0.4, -0.2) is 23.6 Å². The van der Waals surface area contributed by atoms with E-state index in [4.69, 9.17) is 9.47 Å². The van der Waals surface area contributed by atoms with Crippen molar-refractivity contribution in [2.75, 3.05) is 6.61 Å². The number of halogens is 1. The van der Waals surface area contributed by atoms with Crippen LogP contribution in [0.15, 0.2) is 43.1 Å². The highest BCUT2D eigenvalue weighted by atomic mass is 19.1. The van der Waals surface area contributed by atoms with E-state index in [9.17, 15) is 9.18 Å². The number of nitrogens with zero attached hydrogens (tertiary/aromatic N) is 1. The molecule has 31 heavy (non-hydrogen) atoms. The lowest BCUT2D eigenvalue weighted by atomic mass is 10.0. The summed E-state index contributed by atoms with van der Waals surface area (Å²) in [7, 11) is 0. The molecule has 2 fully saturated rings. The van der Waals surface area contributed by atoms with E-state index in [1.165, 1.54) is 25.8 Å². The van der Waals surface area contributed by atoms with Crippen molar-refractivity contribution in [1.82, 2.24) is 10.3 Å². The van der Waals surface area contributed by atoms with E-state index in [0.29, 0.717) is 42.0 Å². The van der Waals surface area contributed by atoms with Gasteiger partial charge in [-0.2, -0.15) is 0 Å². The Hall–Kier alpha value is -2.89. The van der Waals surface area contributed by atoms with Crippen molar-refractivity contribution in [2.45, 2.75) is 51.6 Å². The minimum absolute atomic E-state index is 0.110. The monoisotopic (exact) mass is 424 g/mol. The third kappa shape index (κ3) is 6.06. The zero-order valence-electron chi connectivity index (χ0n) is 17.9.